The molecule has 0 saturated carbocycles. The first kappa shape index (κ1) is 20.5. The van der Waals surface area contributed by atoms with Crippen LogP contribution in [-0.4, -0.2) is 24.4 Å². The third-order valence-corrected chi connectivity index (χ3v) is 4.21. The van der Waals surface area contributed by atoms with Crippen LogP contribution in [0.1, 0.15) is 10.4 Å². The molecule has 0 amide bonds. The number of carboxylic acids is 1. The minimum Gasteiger partial charge on any atom is -0.545 e. The quantitative estimate of drug-likeness (QED) is 0.332. The van der Waals surface area contributed by atoms with Gasteiger partial charge in [-0.3, -0.25) is 14.8 Å². The molecule has 0 radical (unpaired) electrons. The number of hydrogen-bond donors (Lipinski definition) is 2. The van der Waals surface area contributed by atoms with Crippen molar-refractivity contribution in [2.45, 2.75) is 4.90 Å². The number of aromatic hydroxyl groups is 1. The van der Waals surface area contributed by atoms with Crippen molar-refractivity contribution in [1.29, 1.82) is 0 Å². The van der Waals surface area contributed by atoms with Gasteiger partial charge in [-0.2, -0.15) is 0 Å². The first-order valence-electron chi connectivity index (χ1n) is 6.02. The molecule has 2 aromatic carbocycles. The molecule has 11 heteroatoms. The standard InChI is InChI=1S/C13H10N2O7S.K/c16-12-6-5-10(7-11(12)15(19)20)23(21,22)14-9-3-1-8(2-4-9)13(17)18;/h1-7,14,16H,(H,17,18);/q;+1/p-1. The summed E-state index contributed by atoms with van der Waals surface area (Å²) in [5.41, 5.74) is -0.820. The van der Waals surface area contributed by atoms with Crippen LogP contribution >= 0.6 is 0 Å². The number of sulfonamides is 1. The summed E-state index contributed by atoms with van der Waals surface area (Å²) in [7, 11) is -4.15. The number of hydrogen-bond acceptors (Lipinski definition) is 7. The number of anilines is 1. The van der Waals surface area contributed by atoms with Crippen LogP contribution in [0.15, 0.2) is 47.4 Å². The molecule has 0 aliphatic heterocycles. The Kier molecular flexibility index (Phi) is 6.89. The molecule has 0 bridgehead atoms. The molecule has 2 rings (SSSR count). The maximum atomic E-state index is 12.2. The topological polar surface area (TPSA) is 150 Å². The van der Waals surface area contributed by atoms with Crippen LogP contribution in [0.2, 0.25) is 0 Å². The third-order valence-electron chi connectivity index (χ3n) is 2.83. The monoisotopic (exact) mass is 376 g/mol. The van der Waals surface area contributed by atoms with E-state index in [2.05, 4.69) is 4.72 Å². The number of nitrogens with one attached hydrogen (secondary N) is 1. The zero-order valence-electron chi connectivity index (χ0n) is 12.3. The molecule has 0 fully saturated rings. The maximum Gasteiger partial charge on any atom is 1.00 e. The minimum absolute atomic E-state index is 0. The molecule has 0 heterocycles. The number of phenols is 1. The summed E-state index contributed by atoms with van der Waals surface area (Å²) in [5, 5.41) is 30.7. The van der Waals surface area contributed by atoms with E-state index < -0.39 is 37.2 Å². The van der Waals surface area contributed by atoms with Crippen molar-refractivity contribution in [3.05, 3.63) is 58.1 Å². The molecule has 0 spiro atoms. The fourth-order valence-electron chi connectivity index (χ4n) is 1.71. The van der Waals surface area contributed by atoms with Gasteiger partial charge in [0.15, 0.2) is 5.75 Å². The normalized spacial score (nSPS) is 10.5. The summed E-state index contributed by atoms with van der Waals surface area (Å²) in [6.07, 6.45) is 0. The number of carbonyl (C=O) groups is 1. The Labute approximate surface area is 178 Å². The Morgan fingerprint density at radius 1 is 1.12 bits per heavy atom. The number of rotatable bonds is 5. The zero-order chi connectivity index (χ0) is 17.2. The second-order valence-corrected chi connectivity index (χ2v) is 6.06. The molecule has 0 aliphatic rings. The predicted octanol–water partition coefficient (Wildman–Crippen LogP) is -2.53. The number of phenolic OH excluding ortho intramolecular Hbond substituents is 1. The number of carboxylic acid groups (broad SMARTS) is 1. The number of aromatic carboxylic acids is 1. The van der Waals surface area contributed by atoms with Crippen molar-refractivity contribution in [1.82, 2.24) is 0 Å². The molecule has 9 nitrogen and oxygen atoms in total. The first-order chi connectivity index (χ1) is 10.7. The molecule has 0 saturated heterocycles. The Hall–Kier alpha value is -1.50. The van der Waals surface area contributed by atoms with Gasteiger partial charge in [0.2, 0.25) is 0 Å². The van der Waals surface area contributed by atoms with Crippen LogP contribution in [-0.2, 0) is 10.0 Å². The molecule has 0 unspecified atom stereocenters. The van der Waals surface area contributed by atoms with Crippen molar-refractivity contribution < 1.29 is 79.7 Å². The van der Waals surface area contributed by atoms with Crippen molar-refractivity contribution in [3.8, 4) is 5.75 Å². The first-order valence-corrected chi connectivity index (χ1v) is 7.50. The smallest absolute Gasteiger partial charge is 0.545 e. The van der Waals surface area contributed by atoms with E-state index in [0.29, 0.717) is 6.07 Å². The zero-order valence-corrected chi connectivity index (χ0v) is 16.2. The molecule has 24 heavy (non-hydrogen) atoms. The second-order valence-electron chi connectivity index (χ2n) is 4.38. The molecule has 120 valence electrons. The Morgan fingerprint density at radius 3 is 2.21 bits per heavy atom. The van der Waals surface area contributed by atoms with Gasteiger partial charge in [0.05, 0.1) is 15.8 Å². The van der Waals surface area contributed by atoms with Gasteiger partial charge in [-0.15, -0.1) is 0 Å². The van der Waals surface area contributed by atoms with Crippen molar-refractivity contribution in [2.75, 3.05) is 4.72 Å². The SMILES string of the molecule is O=C([O-])c1ccc(NS(=O)(=O)c2ccc(O)c([N+](=O)[O-])c2)cc1.[K+]. The minimum atomic E-state index is -4.15. The van der Waals surface area contributed by atoms with Crippen molar-refractivity contribution in [2.24, 2.45) is 0 Å². The maximum absolute atomic E-state index is 12.2. The van der Waals surface area contributed by atoms with E-state index in [-0.39, 0.29) is 62.6 Å². The largest absolute Gasteiger partial charge is 1.00 e. The third kappa shape index (κ3) is 4.75. The fourth-order valence-corrected chi connectivity index (χ4v) is 2.78. The Balaban J connectivity index is 0.00000288. The Morgan fingerprint density at radius 2 is 1.71 bits per heavy atom. The number of nitro groups is 1. The average molecular weight is 376 g/mol. The van der Waals surface area contributed by atoms with Crippen LogP contribution in [0, 0.1) is 10.1 Å². The molecule has 0 aromatic heterocycles. The summed E-state index contributed by atoms with van der Waals surface area (Å²) in [5.74, 6) is -2.07. The van der Waals surface area contributed by atoms with E-state index in [4.69, 9.17) is 0 Å². The van der Waals surface area contributed by atoms with E-state index in [1.54, 1.807) is 0 Å². The van der Waals surface area contributed by atoms with Crippen molar-refractivity contribution in [3.63, 3.8) is 0 Å². The Bertz CT molecular complexity index is 882. The molecule has 0 atom stereocenters. The van der Waals surface area contributed by atoms with E-state index in [9.17, 15) is 33.5 Å². The number of nitrogens with zero attached hydrogens (tertiary/aromatic N) is 1. The molecular formula is C13H9KN2O7S. The van der Waals surface area contributed by atoms with Crippen molar-refractivity contribution >= 4 is 27.4 Å². The van der Waals surface area contributed by atoms with Gasteiger partial charge in [0.1, 0.15) is 0 Å². The summed E-state index contributed by atoms with van der Waals surface area (Å²) < 4.78 is 26.5. The molecule has 2 N–H and O–H groups in total. The van der Waals surface area contributed by atoms with Gasteiger partial charge in [0.25, 0.3) is 10.0 Å². The molecule has 2 aromatic rings. The number of carbonyl (C=O) groups excluding carboxylic acids is 1. The fraction of sp³-hybridized carbons (Fsp3) is 0. The van der Waals surface area contributed by atoms with Crippen LogP contribution in [0.25, 0.3) is 0 Å². The van der Waals surface area contributed by atoms with Gasteiger partial charge in [-0.1, -0.05) is 12.1 Å². The van der Waals surface area contributed by atoms with E-state index >= 15 is 0 Å². The van der Waals surface area contributed by atoms with Gasteiger partial charge >= 0.3 is 57.1 Å². The molecule has 0 aliphatic carbocycles. The summed E-state index contributed by atoms with van der Waals surface area (Å²) in [4.78, 5) is 20.0. The van der Waals surface area contributed by atoms with Crippen LogP contribution in [0.3, 0.4) is 0 Å². The van der Waals surface area contributed by atoms with E-state index in [1.165, 1.54) is 12.1 Å². The average Bonchev–Trinajstić information content (AvgIpc) is 2.47. The molecular weight excluding hydrogens is 367 g/mol. The van der Waals surface area contributed by atoms with Crippen LogP contribution in [0.4, 0.5) is 11.4 Å². The van der Waals surface area contributed by atoms with Gasteiger partial charge in [0, 0.05) is 11.8 Å². The second kappa shape index (κ2) is 8.05. The number of benzene rings is 2. The van der Waals surface area contributed by atoms with Gasteiger partial charge in [-0.25, -0.2) is 8.42 Å². The predicted molar refractivity (Wildman–Crippen MR) is 76.3 cm³/mol. The van der Waals surface area contributed by atoms with E-state index in [1.807, 2.05) is 0 Å². The van der Waals surface area contributed by atoms with Gasteiger partial charge in [-0.05, 0) is 29.8 Å². The van der Waals surface area contributed by atoms with Gasteiger partial charge < -0.3 is 15.0 Å². The summed E-state index contributed by atoms with van der Waals surface area (Å²) in [6, 6.07) is 7.31. The van der Waals surface area contributed by atoms with Crippen LogP contribution < -0.4 is 61.2 Å². The summed E-state index contributed by atoms with van der Waals surface area (Å²) in [6.45, 7) is 0. The summed E-state index contributed by atoms with van der Waals surface area (Å²) >= 11 is 0. The van der Waals surface area contributed by atoms with Crippen LogP contribution in [0.5, 0.6) is 5.75 Å². The number of nitro benzene ring substituents is 1. The van der Waals surface area contributed by atoms with E-state index in [0.717, 1.165) is 24.3 Å².